The lowest BCUT2D eigenvalue weighted by atomic mass is 10.0. The van der Waals surface area contributed by atoms with Crippen LogP contribution in [0.5, 0.6) is 0 Å². The first kappa shape index (κ1) is 24.4. The first-order valence-electron chi connectivity index (χ1n) is 10.2. The van der Waals surface area contributed by atoms with E-state index in [0.717, 1.165) is 5.56 Å². The summed E-state index contributed by atoms with van der Waals surface area (Å²) in [6.07, 6.45) is 1.43. The van der Waals surface area contributed by atoms with Gasteiger partial charge >= 0.3 is 0 Å². The van der Waals surface area contributed by atoms with Crippen LogP contribution >= 0.6 is 23.2 Å². The number of benzene rings is 2. The van der Waals surface area contributed by atoms with Crippen molar-refractivity contribution in [3.05, 3.63) is 87.8 Å². The van der Waals surface area contributed by atoms with Gasteiger partial charge in [0.2, 0.25) is 5.91 Å². The molecule has 0 saturated heterocycles. The SMILES string of the molecule is CC(C)C(NC(=O)c1ccc(Cl)cc1Cl)C(=O)NCc1ccc(NC(=O)c2ccco2)cc1. The van der Waals surface area contributed by atoms with Gasteiger partial charge in [0.15, 0.2) is 5.76 Å². The largest absolute Gasteiger partial charge is 0.459 e. The summed E-state index contributed by atoms with van der Waals surface area (Å²) in [5, 5.41) is 8.93. The first-order valence-corrected chi connectivity index (χ1v) is 11.0. The van der Waals surface area contributed by atoms with E-state index in [2.05, 4.69) is 16.0 Å². The van der Waals surface area contributed by atoms with Gasteiger partial charge in [-0.05, 0) is 53.9 Å². The molecule has 0 aliphatic heterocycles. The highest BCUT2D eigenvalue weighted by atomic mass is 35.5. The van der Waals surface area contributed by atoms with Gasteiger partial charge in [0.25, 0.3) is 11.8 Å². The monoisotopic (exact) mass is 487 g/mol. The predicted octanol–water partition coefficient (Wildman–Crippen LogP) is 4.91. The van der Waals surface area contributed by atoms with Gasteiger partial charge < -0.3 is 20.4 Å². The highest BCUT2D eigenvalue weighted by Gasteiger charge is 2.25. The van der Waals surface area contributed by atoms with Crippen LogP contribution in [-0.2, 0) is 11.3 Å². The van der Waals surface area contributed by atoms with E-state index in [4.69, 9.17) is 27.6 Å². The van der Waals surface area contributed by atoms with Gasteiger partial charge in [0, 0.05) is 17.3 Å². The number of carbonyl (C=O) groups is 3. The standard InChI is InChI=1S/C24H23Cl2N3O4/c1-14(2)21(29-22(30)18-10-7-16(25)12-19(18)26)24(32)27-13-15-5-8-17(9-6-15)28-23(31)20-4-3-11-33-20/h3-12,14,21H,13H2,1-2H3,(H,27,32)(H,28,31)(H,29,30). The van der Waals surface area contributed by atoms with E-state index in [1.165, 1.54) is 18.4 Å². The number of nitrogens with one attached hydrogen (secondary N) is 3. The van der Waals surface area contributed by atoms with Crippen LogP contribution < -0.4 is 16.0 Å². The molecule has 0 spiro atoms. The van der Waals surface area contributed by atoms with Crippen LogP contribution in [0.15, 0.2) is 65.3 Å². The summed E-state index contributed by atoms with van der Waals surface area (Å²) in [7, 11) is 0. The molecule has 3 N–H and O–H groups in total. The zero-order valence-corrected chi connectivity index (χ0v) is 19.5. The van der Waals surface area contributed by atoms with E-state index in [1.807, 2.05) is 13.8 Å². The molecule has 3 amide bonds. The molecule has 0 aliphatic rings. The van der Waals surface area contributed by atoms with Gasteiger partial charge in [-0.25, -0.2) is 0 Å². The van der Waals surface area contributed by atoms with Crippen molar-refractivity contribution in [1.82, 2.24) is 10.6 Å². The van der Waals surface area contributed by atoms with Crippen LogP contribution in [0.3, 0.4) is 0 Å². The summed E-state index contributed by atoms with van der Waals surface area (Å²) in [6.45, 7) is 3.93. The molecule has 0 bridgehead atoms. The summed E-state index contributed by atoms with van der Waals surface area (Å²) in [5.41, 5.74) is 1.67. The highest BCUT2D eigenvalue weighted by molar-refractivity contribution is 6.36. The average molecular weight is 488 g/mol. The Hall–Kier alpha value is -3.29. The summed E-state index contributed by atoms with van der Waals surface area (Å²) >= 11 is 12.0. The highest BCUT2D eigenvalue weighted by Crippen LogP contribution is 2.21. The number of amides is 3. The number of hydrogen-bond donors (Lipinski definition) is 3. The van der Waals surface area contributed by atoms with E-state index in [1.54, 1.807) is 42.5 Å². The molecule has 0 aliphatic carbocycles. The van der Waals surface area contributed by atoms with Crippen molar-refractivity contribution in [2.75, 3.05) is 5.32 Å². The van der Waals surface area contributed by atoms with Crippen molar-refractivity contribution in [2.24, 2.45) is 5.92 Å². The second-order valence-electron chi connectivity index (χ2n) is 7.67. The lowest BCUT2D eigenvalue weighted by Gasteiger charge is -2.22. The van der Waals surface area contributed by atoms with Crippen molar-refractivity contribution < 1.29 is 18.8 Å². The van der Waals surface area contributed by atoms with E-state index < -0.39 is 11.9 Å². The Kier molecular flexibility index (Phi) is 8.14. The maximum Gasteiger partial charge on any atom is 0.291 e. The summed E-state index contributed by atoms with van der Waals surface area (Å²) in [4.78, 5) is 37.4. The van der Waals surface area contributed by atoms with Crippen molar-refractivity contribution in [2.45, 2.75) is 26.4 Å². The van der Waals surface area contributed by atoms with Gasteiger partial charge in [0.05, 0.1) is 16.8 Å². The van der Waals surface area contributed by atoms with Crippen LogP contribution in [0.4, 0.5) is 5.69 Å². The van der Waals surface area contributed by atoms with Crippen LogP contribution in [0.2, 0.25) is 10.0 Å². The van der Waals surface area contributed by atoms with E-state index in [-0.39, 0.29) is 40.6 Å². The van der Waals surface area contributed by atoms with Crippen molar-refractivity contribution in [1.29, 1.82) is 0 Å². The van der Waals surface area contributed by atoms with Crippen LogP contribution in [0, 0.1) is 5.92 Å². The molecular formula is C24H23Cl2N3O4. The van der Waals surface area contributed by atoms with Crippen LogP contribution in [0.25, 0.3) is 0 Å². The fourth-order valence-corrected chi connectivity index (χ4v) is 3.53. The van der Waals surface area contributed by atoms with E-state index >= 15 is 0 Å². The topological polar surface area (TPSA) is 100 Å². The third-order valence-electron chi connectivity index (χ3n) is 4.84. The minimum atomic E-state index is -0.754. The maximum absolute atomic E-state index is 12.8. The van der Waals surface area contributed by atoms with Gasteiger partial charge in [-0.3, -0.25) is 14.4 Å². The van der Waals surface area contributed by atoms with Crippen LogP contribution in [0.1, 0.15) is 40.3 Å². The van der Waals surface area contributed by atoms with Crippen molar-refractivity contribution >= 4 is 46.6 Å². The molecule has 172 valence electrons. The van der Waals surface area contributed by atoms with Crippen molar-refractivity contribution in [3.8, 4) is 0 Å². The minimum absolute atomic E-state index is 0.154. The lowest BCUT2D eigenvalue weighted by Crippen LogP contribution is -2.49. The number of anilines is 1. The molecule has 33 heavy (non-hydrogen) atoms. The normalized spacial score (nSPS) is 11.7. The van der Waals surface area contributed by atoms with Gasteiger partial charge in [-0.1, -0.05) is 49.2 Å². The molecule has 1 aromatic heterocycles. The fraction of sp³-hybridized carbons (Fsp3) is 0.208. The van der Waals surface area contributed by atoms with Gasteiger partial charge in [-0.2, -0.15) is 0 Å². The Morgan fingerprint density at radius 2 is 1.70 bits per heavy atom. The fourth-order valence-electron chi connectivity index (χ4n) is 3.03. The Morgan fingerprint density at radius 3 is 2.30 bits per heavy atom. The Morgan fingerprint density at radius 1 is 0.970 bits per heavy atom. The second-order valence-corrected chi connectivity index (χ2v) is 8.51. The molecule has 9 heteroatoms. The summed E-state index contributed by atoms with van der Waals surface area (Å²) in [5.74, 6) is -1.06. The summed E-state index contributed by atoms with van der Waals surface area (Å²) < 4.78 is 5.06. The van der Waals surface area contributed by atoms with Gasteiger partial charge in [-0.15, -0.1) is 0 Å². The molecule has 0 fully saturated rings. The number of halogens is 2. The second kappa shape index (κ2) is 11.0. The molecule has 3 rings (SSSR count). The zero-order chi connectivity index (χ0) is 24.0. The third-order valence-corrected chi connectivity index (χ3v) is 5.38. The average Bonchev–Trinajstić information content (AvgIpc) is 3.31. The number of rotatable bonds is 8. The molecule has 7 nitrogen and oxygen atoms in total. The quantitative estimate of drug-likeness (QED) is 0.420. The molecular weight excluding hydrogens is 465 g/mol. The van der Waals surface area contributed by atoms with Gasteiger partial charge in [0.1, 0.15) is 6.04 Å². The minimum Gasteiger partial charge on any atom is -0.459 e. The molecule has 1 atom stereocenters. The zero-order valence-electron chi connectivity index (χ0n) is 18.0. The molecule has 3 aromatic rings. The molecule has 1 unspecified atom stereocenters. The van der Waals surface area contributed by atoms with Crippen molar-refractivity contribution in [3.63, 3.8) is 0 Å². The molecule has 1 heterocycles. The Bertz CT molecular complexity index is 1130. The number of furan rings is 1. The third kappa shape index (κ3) is 6.60. The Balaban J connectivity index is 1.57. The van der Waals surface area contributed by atoms with Crippen LogP contribution in [-0.4, -0.2) is 23.8 Å². The number of carbonyl (C=O) groups excluding carboxylic acids is 3. The molecule has 0 saturated carbocycles. The number of hydrogen-bond acceptors (Lipinski definition) is 4. The predicted molar refractivity (Wildman–Crippen MR) is 128 cm³/mol. The van der Waals surface area contributed by atoms with E-state index in [9.17, 15) is 14.4 Å². The Labute approximate surface area is 201 Å². The maximum atomic E-state index is 12.8. The molecule has 0 radical (unpaired) electrons. The van der Waals surface area contributed by atoms with E-state index in [0.29, 0.717) is 10.7 Å². The lowest BCUT2D eigenvalue weighted by molar-refractivity contribution is -0.124. The molecule has 2 aromatic carbocycles. The summed E-state index contributed by atoms with van der Waals surface area (Å²) in [6, 6.07) is 14.0. The first-order chi connectivity index (χ1) is 15.7. The smallest absolute Gasteiger partial charge is 0.291 e.